The van der Waals surface area contributed by atoms with Crippen LogP contribution in [0.3, 0.4) is 0 Å². The number of aliphatic imine (C=N–C) groups is 1. The molecule has 1 aliphatic heterocycles. The lowest BCUT2D eigenvalue weighted by molar-refractivity contribution is 0.105. The predicted octanol–water partition coefficient (Wildman–Crippen LogP) is 2.32. The molecule has 0 amide bonds. The third kappa shape index (κ3) is 5.56. The summed E-state index contributed by atoms with van der Waals surface area (Å²) in [6.45, 7) is 5.35. The highest BCUT2D eigenvalue weighted by molar-refractivity contribution is 5.79. The Balaban J connectivity index is 1.82. The predicted molar refractivity (Wildman–Crippen MR) is 89.4 cm³/mol. The molecule has 1 aliphatic rings. The lowest BCUT2D eigenvalue weighted by Gasteiger charge is -2.13. The minimum atomic E-state index is 0.411. The van der Waals surface area contributed by atoms with Crippen LogP contribution < -0.4 is 15.4 Å². The van der Waals surface area contributed by atoms with E-state index in [1.165, 1.54) is 12.8 Å². The molecule has 0 radical (unpaired) electrons. The molecule has 5 heteroatoms. The Hall–Kier alpha value is -1.75. The van der Waals surface area contributed by atoms with E-state index < -0.39 is 0 Å². The molecule has 0 saturated carbocycles. The second kappa shape index (κ2) is 9.30. The smallest absolute Gasteiger partial charge is 0.191 e. The maximum absolute atomic E-state index is 5.64. The summed E-state index contributed by atoms with van der Waals surface area (Å²) in [4.78, 5) is 4.62. The standard InChI is InChI=1S/C17H27N3O2/c1-3-18-17(19-10-9-15-8-5-11-22-15)20-13-14-6-4-7-16(12-14)21-2/h4,6-7,12,15H,3,5,8-11,13H2,1-2H3,(H2,18,19,20). The van der Waals surface area contributed by atoms with Gasteiger partial charge in [-0.2, -0.15) is 0 Å². The van der Waals surface area contributed by atoms with Crippen LogP contribution >= 0.6 is 0 Å². The van der Waals surface area contributed by atoms with E-state index >= 15 is 0 Å². The van der Waals surface area contributed by atoms with Crippen LogP contribution in [0.4, 0.5) is 0 Å². The third-order valence-electron chi connectivity index (χ3n) is 3.68. The minimum Gasteiger partial charge on any atom is -0.497 e. The van der Waals surface area contributed by atoms with Crippen LogP contribution in [0.2, 0.25) is 0 Å². The summed E-state index contributed by atoms with van der Waals surface area (Å²) in [5.74, 6) is 1.72. The largest absolute Gasteiger partial charge is 0.497 e. The monoisotopic (exact) mass is 305 g/mol. The molecule has 0 bridgehead atoms. The molecule has 0 aromatic heterocycles. The molecular formula is C17H27N3O2. The first-order valence-corrected chi connectivity index (χ1v) is 8.08. The van der Waals surface area contributed by atoms with Gasteiger partial charge in [0.2, 0.25) is 0 Å². The first-order valence-electron chi connectivity index (χ1n) is 8.08. The zero-order valence-corrected chi connectivity index (χ0v) is 13.6. The van der Waals surface area contributed by atoms with Crippen molar-refractivity contribution in [1.82, 2.24) is 10.6 Å². The van der Waals surface area contributed by atoms with E-state index in [-0.39, 0.29) is 0 Å². The maximum atomic E-state index is 5.64. The number of rotatable bonds is 7. The second-order valence-corrected chi connectivity index (χ2v) is 5.40. The zero-order valence-electron chi connectivity index (χ0n) is 13.6. The minimum absolute atomic E-state index is 0.411. The van der Waals surface area contributed by atoms with Gasteiger partial charge in [-0.1, -0.05) is 12.1 Å². The summed E-state index contributed by atoms with van der Waals surface area (Å²) >= 11 is 0. The maximum Gasteiger partial charge on any atom is 0.191 e. The molecule has 0 spiro atoms. The van der Waals surface area contributed by atoms with Crippen molar-refractivity contribution >= 4 is 5.96 Å². The van der Waals surface area contributed by atoms with E-state index in [2.05, 4.69) is 28.6 Å². The van der Waals surface area contributed by atoms with Crippen molar-refractivity contribution in [2.75, 3.05) is 26.8 Å². The van der Waals surface area contributed by atoms with Crippen molar-refractivity contribution < 1.29 is 9.47 Å². The lowest BCUT2D eigenvalue weighted by atomic mass is 10.2. The van der Waals surface area contributed by atoms with E-state index in [0.29, 0.717) is 12.6 Å². The lowest BCUT2D eigenvalue weighted by Crippen LogP contribution is -2.38. The highest BCUT2D eigenvalue weighted by atomic mass is 16.5. The molecule has 2 N–H and O–H groups in total. The SMILES string of the molecule is CCNC(=NCc1cccc(OC)c1)NCCC1CCCO1. The van der Waals surface area contributed by atoms with Gasteiger partial charge < -0.3 is 20.1 Å². The average Bonchev–Trinajstić information content (AvgIpc) is 3.06. The number of hydrogen-bond donors (Lipinski definition) is 2. The normalized spacial score (nSPS) is 18.3. The summed E-state index contributed by atoms with van der Waals surface area (Å²) in [6, 6.07) is 8.00. The van der Waals surface area contributed by atoms with E-state index in [0.717, 1.165) is 43.4 Å². The van der Waals surface area contributed by atoms with Gasteiger partial charge >= 0.3 is 0 Å². The number of nitrogens with zero attached hydrogens (tertiary/aromatic N) is 1. The Kier molecular flexibility index (Phi) is 7.03. The molecule has 122 valence electrons. The fourth-order valence-corrected chi connectivity index (χ4v) is 2.51. The molecule has 1 unspecified atom stereocenters. The number of methoxy groups -OCH3 is 1. The van der Waals surface area contributed by atoms with E-state index in [1.807, 2.05) is 18.2 Å². The van der Waals surface area contributed by atoms with Gasteiger partial charge in [0.05, 0.1) is 19.8 Å². The molecule has 22 heavy (non-hydrogen) atoms. The number of nitrogens with one attached hydrogen (secondary N) is 2. The van der Waals surface area contributed by atoms with Gasteiger partial charge in [-0.3, -0.25) is 0 Å². The van der Waals surface area contributed by atoms with Gasteiger partial charge in [0.25, 0.3) is 0 Å². The van der Waals surface area contributed by atoms with E-state index in [1.54, 1.807) is 7.11 Å². The molecule has 2 rings (SSSR count). The Morgan fingerprint density at radius 3 is 3.05 bits per heavy atom. The molecule has 1 atom stereocenters. The summed E-state index contributed by atoms with van der Waals surface area (Å²) in [6.07, 6.45) is 3.81. The molecule has 1 aromatic carbocycles. The van der Waals surface area contributed by atoms with E-state index in [9.17, 15) is 0 Å². The van der Waals surface area contributed by atoms with Crippen molar-refractivity contribution in [2.24, 2.45) is 4.99 Å². The number of benzene rings is 1. The number of guanidine groups is 1. The summed E-state index contributed by atoms with van der Waals surface area (Å²) in [5.41, 5.74) is 1.13. The Morgan fingerprint density at radius 2 is 2.32 bits per heavy atom. The highest BCUT2D eigenvalue weighted by Crippen LogP contribution is 2.14. The Morgan fingerprint density at radius 1 is 1.41 bits per heavy atom. The molecule has 1 aromatic rings. The van der Waals surface area contributed by atoms with Gasteiger partial charge in [0.1, 0.15) is 5.75 Å². The van der Waals surface area contributed by atoms with Gasteiger partial charge in [-0.15, -0.1) is 0 Å². The van der Waals surface area contributed by atoms with Crippen LogP contribution in [0.5, 0.6) is 5.75 Å². The first kappa shape index (κ1) is 16.6. The van der Waals surface area contributed by atoms with Crippen molar-refractivity contribution in [3.63, 3.8) is 0 Å². The first-order chi connectivity index (χ1) is 10.8. The average molecular weight is 305 g/mol. The fraction of sp³-hybridized carbons (Fsp3) is 0.588. The van der Waals surface area contributed by atoms with E-state index in [4.69, 9.17) is 9.47 Å². The van der Waals surface area contributed by atoms with Crippen LogP contribution in [0.15, 0.2) is 29.3 Å². The van der Waals surface area contributed by atoms with Gasteiger partial charge in [0.15, 0.2) is 5.96 Å². The zero-order chi connectivity index (χ0) is 15.6. The molecule has 1 heterocycles. The number of ether oxygens (including phenoxy) is 2. The van der Waals surface area contributed by atoms with Crippen LogP contribution in [0.25, 0.3) is 0 Å². The van der Waals surface area contributed by atoms with Crippen molar-refractivity contribution in [1.29, 1.82) is 0 Å². The summed E-state index contributed by atoms with van der Waals surface area (Å²) < 4.78 is 10.9. The Bertz CT molecular complexity index is 471. The van der Waals surface area contributed by atoms with Crippen molar-refractivity contribution in [2.45, 2.75) is 38.8 Å². The molecule has 5 nitrogen and oxygen atoms in total. The highest BCUT2D eigenvalue weighted by Gasteiger charge is 2.14. The topological polar surface area (TPSA) is 54.9 Å². The molecule has 0 aliphatic carbocycles. The Labute approximate surface area is 133 Å². The molecule has 1 fully saturated rings. The van der Waals surface area contributed by atoms with Crippen molar-refractivity contribution in [3.05, 3.63) is 29.8 Å². The van der Waals surface area contributed by atoms with Gasteiger partial charge in [-0.05, 0) is 43.9 Å². The van der Waals surface area contributed by atoms with Gasteiger partial charge in [-0.25, -0.2) is 4.99 Å². The van der Waals surface area contributed by atoms with Crippen LogP contribution in [-0.4, -0.2) is 38.9 Å². The second-order valence-electron chi connectivity index (χ2n) is 5.40. The van der Waals surface area contributed by atoms with Crippen LogP contribution in [-0.2, 0) is 11.3 Å². The molecular weight excluding hydrogens is 278 g/mol. The summed E-state index contributed by atoms with van der Waals surface area (Å²) in [5, 5.41) is 6.65. The molecule has 1 saturated heterocycles. The van der Waals surface area contributed by atoms with Crippen LogP contribution in [0.1, 0.15) is 31.7 Å². The van der Waals surface area contributed by atoms with Crippen LogP contribution in [0, 0.1) is 0 Å². The quantitative estimate of drug-likeness (QED) is 0.599. The summed E-state index contributed by atoms with van der Waals surface area (Å²) in [7, 11) is 1.68. The third-order valence-corrected chi connectivity index (χ3v) is 3.68. The van der Waals surface area contributed by atoms with Gasteiger partial charge in [0, 0.05) is 19.7 Å². The fourth-order valence-electron chi connectivity index (χ4n) is 2.51. The van der Waals surface area contributed by atoms with Crippen molar-refractivity contribution in [3.8, 4) is 5.75 Å². The number of hydrogen-bond acceptors (Lipinski definition) is 3.